The zero-order valence-corrected chi connectivity index (χ0v) is 13.7. The van der Waals surface area contributed by atoms with Gasteiger partial charge >= 0.3 is 0 Å². The average Bonchev–Trinajstić information content (AvgIpc) is 2.71. The molecule has 1 aromatic heterocycles. The van der Waals surface area contributed by atoms with E-state index in [4.69, 9.17) is 16.3 Å². The Bertz CT molecular complexity index is 360. The fourth-order valence-corrected chi connectivity index (χ4v) is 4.25. The van der Waals surface area contributed by atoms with E-state index in [0.717, 1.165) is 41.4 Å². The van der Waals surface area contributed by atoms with Gasteiger partial charge in [0.1, 0.15) is 4.34 Å². The summed E-state index contributed by atoms with van der Waals surface area (Å²) in [4.78, 5) is 1.32. The quantitative estimate of drug-likeness (QED) is 0.834. The van der Waals surface area contributed by atoms with Crippen LogP contribution >= 0.6 is 38.9 Å². The Hall–Kier alpha value is 0.390. The van der Waals surface area contributed by atoms with Crippen LogP contribution in [0.25, 0.3) is 0 Å². The van der Waals surface area contributed by atoms with E-state index in [1.807, 2.05) is 0 Å². The first-order valence-corrected chi connectivity index (χ1v) is 8.47. The lowest BCUT2D eigenvalue weighted by atomic mass is 9.92. The molecule has 0 aliphatic carbocycles. The lowest BCUT2D eigenvalue weighted by Gasteiger charge is -2.30. The molecule has 102 valence electrons. The fourth-order valence-electron chi connectivity index (χ4n) is 2.34. The second-order valence-corrected chi connectivity index (χ2v) is 7.22. The molecule has 1 fully saturated rings. The van der Waals surface area contributed by atoms with Gasteiger partial charge in [-0.15, -0.1) is 11.3 Å². The summed E-state index contributed by atoms with van der Waals surface area (Å²) in [5.74, 6) is 0.562. The molecule has 0 aromatic carbocycles. The van der Waals surface area contributed by atoms with Crippen LogP contribution in [0.3, 0.4) is 0 Å². The molecule has 18 heavy (non-hydrogen) atoms. The molecule has 1 N–H and O–H groups in total. The van der Waals surface area contributed by atoms with Gasteiger partial charge in [0.15, 0.2) is 0 Å². The van der Waals surface area contributed by atoms with Crippen molar-refractivity contribution in [1.82, 2.24) is 5.32 Å². The predicted octanol–water partition coefficient (Wildman–Crippen LogP) is 4.63. The van der Waals surface area contributed by atoms with Crippen molar-refractivity contribution in [2.75, 3.05) is 19.8 Å². The molecule has 2 nitrogen and oxygen atoms in total. The highest BCUT2D eigenvalue weighted by Gasteiger charge is 2.27. The lowest BCUT2D eigenvalue weighted by Crippen LogP contribution is -2.33. The lowest BCUT2D eigenvalue weighted by molar-refractivity contribution is 0.0395. The molecule has 5 heteroatoms. The largest absolute Gasteiger partial charge is 0.381 e. The number of hydrogen-bond acceptors (Lipinski definition) is 3. The summed E-state index contributed by atoms with van der Waals surface area (Å²) >= 11 is 11.3. The molecule has 1 aliphatic rings. The Morgan fingerprint density at radius 2 is 2.50 bits per heavy atom. The van der Waals surface area contributed by atoms with Crippen LogP contribution in [0.4, 0.5) is 0 Å². The van der Waals surface area contributed by atoms with E-state index in [9.17, 15) is 0 Å². The minimum atomic E-state index is 0.374. The molecule has 1 aliphatic heterocycles. The number of rotatable bonds is 5. The summed E-state index contributed by atoms with van der Waals surface area (Å²) in [5.41, 5.74) is 0. The van der Waals surface area contributed by atoms with E-state index in [0.29, 0.717) is 12.0 Å². The summed E-state index contributed by atoms with van der Waals surface area (Å²) in [6.45, 7) is 4.99. The van der Waals surface area contributed by atoms with E-state index in [1.54, 1.807) is 11.3 Å². The van der Waals surface area contributed by atoms with Gasteiger partial charge in [-0.25, -0.2) is 0 Å². The van der Waals surface area contributed by atoms with Gasteiger partial charge in [0.25, 0.3) is 0 Å². The Kier molecular flexibility index (Phi) is 5.96. The van der Waals surface area contributed by atoms with Gasteiger partial charge in [0, 0.05) is 27.9 Å². The van der Waals surface area contributed by atoms with Crippen molar-refractivity contribution in [3.05, 3.63) is 19.8 Å². The number of hydrogen-bond donors (Lipinski definition) is 1. The second-order valence-electron chi connectivity index (χ2n) is 4.68. The van der Waals surface area contributed by atoms with Crippen LogP contribution in [0.5, 0.6) is 0 Å². The zero-order valence-electron chi connectivity index (χ0n) is 10.5. The van der Waals surface area contributed by atoms with Crippen LogP contribution in [0.2, 0.25) is 4.34 Å². The third-order valence-electron chi connectivity index (χ3n) is 3.25. The van der Waals surface area contributed by atoms with Gasteiger partial charge in [-0.1, -0.05) is 18.5 Å². The highest BCUT2D eigenvalue weighted by Crippen LogP contribution is 2.39. The maximum Gasteiger partial charge on any atom is 0.107 e. The number of ether oxygens (including phenoxy) is 1. The molecule has 0 saturated carbocycles. The first-order chi connectivity index (χ1) is 8.72. The van der Waals surface area contributed by atoms with Gasteiger partial charge < -0.3 is 10.1 Å². The van der Waals surface area contributed by atoms with Gasteiger partial charge in [-0.3, -0.25) is 0 Å². The van der Waals surface area contributed by atoms with Crippen LogP contribution in [-0.2, 0) is 4.74 Å². The molecular weight excluding hydrogens is 334 g/mol. The van der Waals surface area contributed by atoms with Crippen LogP contribution in [0, 0.1) is 5.92 Å². The average molecular weight is 353 g/mol. The number of thiophene rings is 1. The monoisotopic (exact) mass is 351 g/mol. The van der Waals surface area contributed by atoms with Crippen molar-refractivity contribution in [2.24, 2.45) is 5.92 Å². The summed E-state index contributed by atoms with van der Waals surface area (Å²) in [6, 6.07) is 2.52. The normalized spacial score (nSPS) is 22.1. The molecule has 2 atom stereocenters. The topological polar surface area (TPSA) is 21.3 Å². The molecule has 1 aromatic rings. The van der Waals surface area contributed by atoms with E-state index >= 15 is 0 Å². The van der Waals surface area contributed by atoms with E-state index in [1.165, 1.54) is 11.3 Å². The number of nitrogens with one attached hydrogen (secondary N) is 1. The minimum Gasteiger partial charge on any atom is -0.381 e. The summed E-state index contributed by atoms with van der Waals surface area (Å²) in [6.07, 6.45) is 3.54. The Labute approximate surface area is 126 Å². The minimum absolute atomic E-state index is 0.374. The van der Waals surface area contributed by atoms with Crippen molar-refractivity contribution in [1.29, 1.82) is 0 Å². The standard InChI is InChI=1S/C13H19BrClNOS/c1-2-5-16-12(9-4-3-6-17-8-9)11-7-10(14)13(15)18-11/h7,9,12,16H,2-6,8H2,1H3. The fraction of sp³-hybridized carbons (Fsp3) is 0.692. The Balaban J connectivity index is 2.12. The van der Waals surface area contributed by atoms with Crippen LogP contribution in [0.15, 0.2) is 10.5 Å². The molecule has 0 spiro atoms. The third-order valence-corrected chi connectivity index (χ3v) is 5.81. The zero-order chi connectivity index (χ0) is 13.0. The predicted molar refractivity (Wildman–Crippen MR) is 81.6 cm³/mol. The molecule has 0 bridgehead atoms. The van der Waals surface area contributed by atoms with Gasteiger partial charge in [-0.05, 0) is 47.8 Å². The molecular formula is C13H19BrClNOS. The molecule has 2 unspecified atom stereocenters. The van der Waals surface area contributed by atoms with Crippen molar-refractivity contribution in [3.63, 3.8) is 0 Å². The second kappa shape index (κ2) is 7.25. The summed E-state index contributed by atoms with van der Waals surface area (Å²) < 4.78 is 7.46. The Morgan fingerprint density at radius 1 is 1.67 bits per heavy atom. The van der Waals surface area contributed by atoms with E-state index in [2.05, 4.69) is 34.2 Å². The molecule has 2 rings (SSSR count). The number of halogens is 2. The highest BCUT2D eigenvalue weighted by molar-refractivity contribution is 9.10. The van der Waals surface area contributed by atoms with E-state index < -0.39 is 0 Å². The maximum absolute atomic E-state index is 6.16. The summed E-state index contributed by atoms with van der Waals surface area (Å²) in [5, 5.41) is 3.65. The molecule has 2 heterocycles. The van der Waals surface area contributed by atoms with E-state index in [-0.39, 0.29) is 0 Å². The van der Waals surface area contributed by atoms with Gasteiger partial charge in [0.2, 0.25) is 0 Å². The molecule has 0 radical (unpaired) electrons. The molecule has 1 saturated heterocycles. The van der Waals surface area contributed by atoms with Crippen molar-refractivity contribution in [2.45, 2.75) is 32.2 Å². The van der Waals surface area contributed by atoms with Gasteiger partial charge in [0.05, 0.1) is 6.61 Å². The maximum atomic E-state index is 6.16. The SMILES string of the molecule is CCCNC(c1cc(Br)c(Cl)s1)C1CCCOC1. The van der Waals surface area contributed by atoms with Crippen LogP contribution in [0.1, 0.15) is 37.1 Å². The van der Waals surface area contributed by atoms with Crippen molar-refractivity contribution in [3.8, 4) is 0 Å². The first kappa shape index (κ1) is 14.8. The van der Waals surface area contributed by atoms with Crippen LogP contribution in [-0.4, -0.2) is 19.8 Å². The van der Waals surface area contributed by atoms with Gasteiger partial charge in [-0.2, -0.15) is 0 Å². The first-order valence-electron chi connectivity index (χ1n) is 6.48. The van der Waals surface area contributed by atoms with Crippen molar-refractivity contribution >= 4 is 38.9 Å². The van der Waals surface area contributed by atoms with Crippen LogP contribution < -0.4 is 5.32 Å². The molecule has 0 amide bonds. The highest BCUT2D eigenvalue weighted by atomic mass is 79.9. The van der Waals surface area contributed by atoms with Crippen molar-refractivity contribution < 1.29 is 4.74 Å². The summed E-state index contributed by atoms with van der Waals surface area (Å²) in [7, 11) is 0. The Morgan fingerprint density at radius 3 is 3.06 bits per heavy atom. The third kappa shape index (κ3) is 3.70. The smallest absolute Gasteiger partial charge is 0.107 e.